The third-order valence-corrected chi connectivity index (χ3v) is 4.38. The molecule has 2 aromatic rings. The van der Waals surface area contributed by atoms with E-state index in [4.69, 9.17) is 9.84 Å². The van der Waals surface area contributed by atoms with E-state index in [2.05, 4.69) is 15.9 Å². The summed E-state index contributed by atoms with van der Waals surface area (Å²) in [7, 11) is 1.70. The molecule has 0 radical (unpaired) electrons. The van der Waals surface area contributed by atoms with Gasteiger partial charge in [0.25, 0.3) is 0 Å². The fourth-order valence-electron chi connectivity index (χ4n) is 3.10. The van der Waals surface area contributed by atoms with E-state index < -0.39 is 5.97 Å². The van der Waals surface area contributed by atoms with Crippen LogP contribution in [0.3, 0.4) is 0 Å². The summed E-state index contributed by atoms with van der Waals surface area (Å²) in [4.78, 5) is 15.8. The topological polar surface area (TPSA) is 53.0 Å². The van der Waals surface area contributed by atoms with Gasteiger partial charge in [-0.3, -0.25) is 4.90 Å². The van der Waals surface area contributed by atoms with Crippen molar-refractivity contribution < 1.29 is 14.6 Å². The Balaban J connectivity index is 1.61. The predicted octanol–water partition coefficient (Wildman–Crippen LogP) is 2.72. The van der Waals surface area contributed by atoms with Gasteiger partial charge < -0.3 is 14.7 Å². The number of para-hydroxylation sites is 2. The molecular weight excluding hydrogens is 304 g/mol. The molecule has 0 aliphatic carbocycles. The van der Waals surface area contributed by atoms with Crippen molar-refractivity contribution in [1.82, 2.24) is 4.90 Å². The Morgan fingerprint density at radius 1 is 1.08 bits per heavy atom. The van der Waals surface area contributed by atoms with Crippen molar-refractivity contribution in [3.05, 3.63) is 59.7 Å². The van der Waals surface area contributed by atoms with E-state index in [0.29, 0.717) is 5.56 Å². The van der Waals surface area contributed by atoms with Crippen LogP contribution < -0.4 is 9.64 Å². The highest BCUT2D eigenvalue weighted by molar-refractivity contribution is 5.87. The molecule has 2 aromatic carbocycles. The van der Waals surface area contributed by atoms with Gasteiger partial charge in [-0.2, -0.15) is 0 Å². The van der Waals surface area contributed by atoms with Gasteiger partial charge in [0.15, 0.2) is 0 Å². The van der Waals surface area contributed by atoms with Crippen molar-refractivity contribution in [3.8, 4) is 5.75 Å². The lowest BCUT2D eigenvalue weighted by Crippen LogP contribution is -2.46. The van der Waals surface area contributed by atoms with Crippen molar-refractivity contribution in [2.24, 2.45) is 0 Å². The molecule has 0 bridgehead atoms. The number of methoxy groups -OCH3 is 1. The first-order chi connectivity index (χ1) is 11.7. The largest absolute Gasteiger partial charge is 0.495 e. The number of benzene rings is 2. The maximum absolute atomic E-state index is 11.1. The van der Waals surface area contributed by atoms with E-state index in [9.17, 15) is 4.79 Å². The molecule has 1 saturated heterocycles. The first kappa shape index (κ1) is 16.3. The molecule has 1 fully saturated rings. The Labute approximate surface area is 142 Å². The molecule has 0 atom stereocenters. The van der Waals surface area contributed by atoms with Crippen LogP contribution in [0.25, 0.3) is 0 Å². The number of hydrogen-bond donors (Lipinski definition) is 1. The second-order valence-electron chi connectivity index (χ2n) is 5.94. The van der Waals surface area contributed by atoms with E-state index in [1.165, 1.54) is 0 Å². The highest BCUT2D eigenvalue weighted by Crippen LogP contribution is 2.28. The zero-order valence-electron chi connectivity index (χ0n) is 13.8. The maximum Gasteiger partial charge on any atom is 0.335 e. The Hall–Kier alpha value is -2.53. The number of hydrogen-bond acceptors (Lipinski definition) is 4. The molecule has 24 heavy (non-hydrogen) atoms. The van der Waals surface area contributed by atoms with E-state index in [1.54, 1.807) is 19.2 Å². The molecule has 5 heteroatoms. The van der Waals surface area contributed by atoms with Gasteiger partial charge in [0, 0.05) is 32.7 Å². The summed E-state index contributed by atoms with van der Waals surface area (Å²) in [5, 5.41) is 9.09. The van der Waals surface area contributed by atoms with Crippen LogP contribution in [0.2, 0.25) is 0 Å². The molecule has 5 nitrogen and oxygen atoms in total. The summed E-state index contributed by atoms with van der Waals surface area (Å²) in [5.74, 6) is 0.0259. The number of rotatable bonds is 5. The number of carbonyl (C=O) groups is 1. The standard InChI is InChI=1S/C19H22N2O3/c1-24-18-8-3-2-7-17(18)21-11-9-20(10-12-21)14-15-5-4-6-16(13-15)19(22)23/h2-8,13H,9-12,14H2,1H3,(H,22,23). The number of piperazine rings is 1. The summed E-state index contributed by atoms with van der Waals surface area (Å²) in [5.41, 5.74) is 2.52. The fraction of sp³-hybridized carbons (Fsp3) is 0.316. The average Bonchev–Trinajstić information content (AvgIpc) is 2.62. The van der Waals surface area contributed by atoms with Crippen molar-refractivity contribution >= 4 is 11.7 Å². The minimum absolute atomic E-state index is 0.347. The molecule has 1 N–H and O–H groups in total. The number of ether oxygens (including phenoxy) is 1. The van der Waals surface area contributed by atoms with Crippen LogP contribution in [0, 0.1) is 0 Å². The smallest absolute Gasteiger partial charge is 0.335 e. The van der Waals surface area contributed by atoms with Gasteiger partial charge in [-0.1, -0.05) is 24.3 Å². The molecule has 126 valence electrons. The SMILES string of the molecule is COc1ccccc1N1CCN(Cc2cccc(C(=O)O)c2)CC1. The number of aromatic carboxylic acids is 1. The molecule has 0 aromatic heterocycles. The number of nitrogens with zero attached hydrogens (tertiary/aromatic N) is 2. The van der Waals surface area contributed by atoms with Crippen molar-refractivity contribution in [1.29, 1.82) is 0 Å². The van der Waals surface area contributed by atoms with Crippen molar-refractivity contribution in [3.63, 3.8) is 0 Å². The second-order valence-corrected chi connectivity index (χ2v) is 5.94. The van der Waals surface area contributed by atoms with Crippen LogP contribution in [-0.4, -0.2) is 49.3 Å². The number of carboxylic acid groups (broad SMARTS) is 1. The summed E-state index contributed by atoms with van der Waals surface area (Å²) < 4.78 is 5.45. The second kappa shape index (κ2) is 7.36. The average molecular weight is 326 g/mol. The molecular formula is C19H22N2O3. The van der Waals surface area contributed by atoms with E-state index in [-0.39, 0.29) is 0 Å². The van der Waals surface area contributed by atoms with E-state index in [0.717, 1.165) is 49.7 Å². The molecule has 0 unspecified atom stereocenters. The predicted molar refractivity (Wildman–Crippen MR) is 93.9 cm³/mol. The van der Waals surface area contributed by atoms with Crippen LogP contribution in [0.15, 0.2) is 48.5 Å². The van der Waals surface area contributed by atoms with Gasteiger partial charge in [-0.25, -0.2) is 4.79 Å². The first-order valence-corrected chi connectivity index (χ1v) is 8.10. The van der Waals surface area contributed by atoms with Crippen LogP contribution in [0.1, 0.15) is 15.9 Å². The van der Waals surface area contributed by atoms with Gasteiger partial charge in [0.05, 0.1) is 18.4 Å². The van der Waals surface area contributed by atoms with Gasteiger partial charge in [0.1, 0.15) is 5.75 Å². The summed E-state index contributed by atoms with van der Waals surface area (Å²) in [6.07, 6.45) is 0. The highest BCUT2D eigenvalue weighted by atomic mass is 16.5. The van der Waals surface area contributed by atoms with Crippen molar-refractivity contribution in [2.45, 2.75) is 6.54 Å². The number of anilines is 1. The monoisotopic (exact) mass is 326 g/mol. The van der Waals surface area contributed by atoms with Crippen molar-refractivity contribution in [2.75, 3.05) is 38.2 Å². The van der Waals surface area contributed by atoms with Crippen LogP contribution in [0.5, 0.6) is 5.75 Å². The Morgan fingerprint density at radius 2 is 1.83 bits per heavy atom. The molecule has 0 spiro atoms. The summed E-state index contributed by atoms with van der Waals surface area (Å²) in [6, 6.07) is 15.3. The molecule has 3 rings (SSSR count). The molecule has 1 heterocycles. The number of carboxylic acids is 1. The quantitative estimate of drug-likeness (QED) is 0.915. The summed E-state index contributed by atoms with van der Waals surface area (Å²) >= 11 is 0. The third-order valence-electron chi connectivity index (χ3n) is 4.38. The van der Waals surface area contributed by atoms with Gasteiger partial charge >= 0.3 is 5.97 Å². The molecule has 1 aliphatic heterocycles. The van der Waals surface area contributed by atoms with Crippen LogP contribution in [-0.2, 0) is 6.54 Å². The Morgan fingerprint density at radius 3 is 2.54 bits per heavy atom. The Kier molecular flexibility index (Phi) is 5.01. The van der Waals surface area contributed by atoms with E-state index >= 15 is 0 Å². The van der Waals surface area contributed by atoms with E-state index in [1.807, 2.05) is 30.3 Å². The zero-order valence-corrected chi connectivity index (χ0v) is 13.8. The van der Waals surface area contributed by atoms with Gasteiger partial charge in [0.2, 0.25) is 0 Å². The fourth-order valence-corrected chi connectivity index (χ4v) is 3.10. The Bertz CT molecular complexity index is 709. The lowest BCUT2D eigenvalue weighted by Gasteiger charge is -2.36. The lowest BCUT2D eigenvalue weighted by molar-refractivity contribution is 0.0696. The van der Waals surface area contributed by atoms with Crippen LogP contribution >= 0.6 is 0 Å². The van der Waals surface area contributed by atoms with Gasteiger partial charge in [-0.15, -0.1) is 0 Å². The zero-order chi connectivity index (χ0) is 16.9. The highest BCUT2D eigenvalue weighted by Gasteiger charge is 2.19. The minimum atomic E-state index is -0.877. The van der Waals surface area contributed by atoms with Crippen LogP contribution in [0.4, 0.5) is 5.69 Å². The molecule has 1 aliphatic rings. The first-order valence-electron chi connectivity index (χ1n) is 8.10. The minimum Gasteiger partial charge on any atom is -0.495 e. The normalized spacial score (nSPS) is 15.3. The lowest BCUT2D eigenvalue weighted by atomic mass is 10.1. The van der Waals surface area contributed by atoms with Gasteiger partial charge in [-0.05, 0) is 29.8 Å². The molecule has 0 amide bonds. The maximum atomic E-state index is 11.1. The molecule has 0 saturated carbocycles. The third kappa shape index (κ3) is 3.68. The summed E-state index contributed by atoms with van der Waals surface area (Å²) in [6.45, 7) is 4.52.